The number of rotatable bonds is 5. The maximum absolute atomic E-state index is 13.4. The molecule has 0 aliphatic carbocycles. The molecule has 1 aromatic rings. The third-order valence-electron chi connectivity index (χ3n) is 3.01. The predicted octanol–water partition coefficient (Wildman–Crippen LogP) is 1.58. The Morgan fingerprint density at radius 2 is 2.16 bits per heavy atom. The molecule has 0 aliphatic rings. The molecule has 1 amide bonds. The lowest BCUT2D eigenvalue weighted by molar-refractivity contribution is -0.122. The van der Waals surface area contributed by atoms with Crippen molar-refractivity contribution in [2.75, 3.05) is 13.7 Å². The molecular formula is C14H21FN2O2. The molecule has 0 spiro atoms. The van der Waals surface area contributed by atoms with Crippen molar-refractivity contribution < 1.29 is 13.9 Å². The van der Waals surface area contributed by atoms with Gasteiger partial charge in [-0.1, -0.05) is 13.8 Å². The third kappa shape index (κ3) is 3.92. The fourth-order valence-electron chi connectivity index (χ4n) is 1.77. The molecule has 0 aliphatic heterocycles. The van der Waals surface area contributed by atoms with Gasteiger partial charge in [-0.3, -0.25) is 4.79 Å². The van der Waals surface area contributed by atoms with Crippen LogP contribution < -0.4 is 15.8 Å². The highest BCUT2D eigenvalue weighted by molar-refractivity contribution is 5.81. The van der Waals surface area contributed by atoms with Crippen LogP contribution in [-0.2, 0) is 10.2 Å². The van der Waals surface area contributed by atoms with Gasteiger partial charge in [-0.15, -0.1) is 0 Å². The van der Waals surface area contributed by atoms with Crippen LogP contribution in [0, 0.1) is 5.82 Å². The van der Waals surface area contributed by atoms with Crippen molar-refractivity contribution >= 4 is 5.91 Å². The SMILES string of the molecule is COc1ccc(F)cc1C(C)(C)CNC(=O)C(C)N. The van der Waals surface area contributed by atoms with E-state index in [0.717, 1.165) is 0 Å². The summed E-state index contributed by atoms with van der Waals surface area (Å²) in [5, 5.41) is 2.75. The largest absolute Gasteiger partial charge is 0.496 e. The second-order valence-corrected chi connectivity index (χ2v) is 5.23. The number of nitrogens with one attached hydrogen (secondary N) is 1. The zero-order valence-electron chi connectivity index (χ0n) is 11.8. The highest BCUT2D eigenvalue weighted by Gasteiger charge is 2.26. The fraction of sp³-hybridized carbons (Fsp3) is 0.500. The molecule has 0 fully saturated rings. The molecule has 5 heteroatoms. The van der Waals surface area contributed by atoms with E-state index in [1.165, 1.54) is 19.2 Å². The van der Waals surface area contributed by atoms with Gasteiger partial charge in [0, 0.05) is 17.5 Å². The molecule has 1 rings (SSSR count). The van der Waals surface area contributed by atoms with Crippen LogP contribution in [0.3, 0.4) is 0 Å². The smallest absolute Gasteiger partial charge is 0.236 e. The maximum atomic E-state index is 13.4. The van der Waals surface area contributed by atoms with Gasteiger partial charge in [-0.25, -0.2) is 4.39 Å². The minimum atomic E-state index is -0.565. The molecule has 0 bridgehead atoms. The first-order valence-corrected chi connectivity index (χ1v) is 6.15. The van der Waals surface area contributed by atoms with Crippen LogP contribution in [-0.4, -0.2) is 25.6 Å². The summed E-state index contributed by atoms with van der Waals surface area (Å²) in [5.41, 5.74) is 5.74. The summed E-state index contributed by atoms with van der Waals surface area (Å²) in [7, 11) is 1.54. The van der Waals surface area contributed by atoms with Crippen LogP contribution in [0.2, 0.25) is 0 Å². The quantitative estimate of drug-likeness (QED) is 0.852. The highest BCUT2D eigenvalue weighted by Crippen LogP contribution is 2.31. The second kappa shape index (κ2) is 6.02. The molecule has 1 unspecified atom stereocenters. The van der Waals surface area contributed by atoms with Crippen LogP contribution in [0.25, 0.3) is 0 Å². The molecular weight excluding hydrogens is 247 g/mol. The molecule has 1 atom stereocenters. The Kier molecular flexibility index (Phi) is 4.89. The van der Waals surface area contributed by atoms with Gasteiger partial charge in [0.15, 0.2) is 0 Å². The van der Waals surface area contributed by atoms with Crippen molar-refractivity contribution in [3.8, 4) is 5.75 Å². The maximum Gasteiger partial charge on any atom is 0.236 e. The Morgan fingerprint density at radius 3 is 2.68 bits per heavy atom. The number of ether oxygens (including phenoxy) is 1. The lowest BCUT2D eigenvalue weighted by atomic mass is 9.83. The summed E-state index contributed by atoms with van der Waals surface area (Å²) in [6, 6.07) is 3.79. The Balaban J connectivity index is 2.93. The Morgan fingerprint density at radius 1 is 1.53 bits per heavy atom. The van der Waals surface area contributed by atoms with Crippen molar-refractivity contribution in [1.82, 2.24) is 5.32 Å². The molecule has 0 radical (unpaired) electrons. The van der Waals surface area contributed by atoms with E-state index in [9.17, 15) is 9.18 Å². The van der Waals surface area contributed by atoms with Gasteiger partial charge in [0.25, 0.3) is 0 Å². The number of amides is 1. The Bertz CT molecular complexity index is 459. The first-order chi connectivity index (χ1) is 8.77. The number of carbonyl (C=O) groups excluding carboxylic acids is 1. The fourth-order valence-corrected chi connectivity index (χ4v) is 1.77. The number of nitrogens with two attached hydrogens (primary N) is 1. The van der Waals surface area contributed by atoms with Gasteiger partial charge in [0.1, 0.15) is 11.6 Å². The summed E-state index contributed by atoms with van der Waals surface area (Å²) in [4.78, 5) is 11.5. The van der Waals surface area contributed by atoms with E-state index < -0.39 is 11.5 Å². The Labute approximate surface area is 113 Å². The molecule has 19 heavy (non-hydrogen) atoms. The molecule has 0 saturated carbocycles. The molecule has 0 saturated heterocycles. The van der Waals surface area contributed by atoms with E-state index in [1.807, 2.05) is 13.8 Å². The highest BCUT2D eigenvalue weighted by atomic mass is 19.1. The van der Waals surface area contributed by atoms with Crippen LogP contribution in [0.1, 0.15) is 26.3 Å². The van der Waals surface area contributed by atoms with Gasteiger partial charge in [-0.2, -0.15) is 0 Å². The molecule has 0 heterocycles. The predicted molar refractivity (Wildman–Crippen MR) is 72.6 cm³/mol. The molecule has 1 aromatic carbocycles. The van der Waals surface area contributed by atoms with Gasteiger partial charge < -0.3 is 15.8 Å². The van der Waals surface area contributed by atoms with Crippen molar-refractivity contribution in [3.63, 3.8) is 0 Å². The lowest BCUT2D eigenvalue weighted by Crippen LogP contribution is -2.43. The van der Waals surface area contributed by atoms with E-state index in [1.54, 1.807) is 13.0 Å². The van der Waals surface area contributed by atoms with Crippen molar-refractivity contribution in [2.45, 2.75) is 32.2 Å². The number of carbonyl (C=O) groups is 1. The summed E-state index contributed by atoms with van der Waals surface area (Å²) >= 11 is 0. The van der Waals surface area contributed by atoms with Crippen molar-refractivity contribution in [3.05, 3.63) is 29.6 Å². The van der Waals surface area contributed by atoms with E-state index in [0.29, 0.717) is 17.9 Å². The molecule has 106 valence electrons. The van der Waals surface area contributed by atoms with Crippen molar-refractivity contribution in [1.29, 1.82) is 0 Å². The van der Waals surface area contributed by atoms with Gasteiger partial charge in [-0.05, 0) is 25.1 Å². The summed E-state index contributed by atoms with van der Waals surface area (Å²) < 4.78 is 18.6. The average molecular weight is 268 g/mol. The summed E-state index contributed by atoms with van der Waals surface area (Å²) in [6.07, 6.45) is 0. The molecule has 4 nitrogen and oxygen atoms in total. The number of benzene rings is 1. The zero-order chi connectivity index (χ0) is 14.6. The first-order valence-electron chi connectivity index (χ1n) is 6.15. The zero-order valence-corrected chi connectivity index (χ0v) is 11.8. The van der Waals surface area contributed by atoms with E-state index in [-0.39, 0.29) is 11.7 Å². The number of halogens is 1. The van der Waals surface area contributed by atoms with Crippen LogP contribution in [0.5, 0.6) is 5.75 Å². The van der Waals surface area contributed by atoms with E-state index >= 15 is 0 Å². The first kappa shape index (κ1) is 15.4. The minimum absolute atomic E-state index is 0.233. The second-order valence-electron chi connectivity index (χ2n) is 5.23. The Hall–Kier alpha value is -1.62. The van der Waals surface area contributed by atoms with Crippen LogP contribution in [0.4, 0.5) is 4.39 Å². The van der Waals surface area contributed by atoms with Crippen LogP contribution in [0.15, 0.2) is 18.2 Å². The van der Waals surface area contributed by atoms with Crippen molar-refractivity contribution in [2.24, 2.45) is 5.73 Å². The minimum Gasteiger partial charge on any atom is -0.496 e. The number of hydrogen-bond donors (Lipinski definition) is 2. The summed E-state index contributed by atoms with van der Waals surface area (Å²) in [5.74, 6) is 0.0345. The topological polar surface area (TPSA) is 64.3 Å². The average Bonchev–Trinajstić information content (AvgIpc) is 2.35. The number of methoxy groups -OCH3 is 1. The van der Waals surface area contributed by atoms with Gasteiger partial charge in [0.05, 0.1) is 13.2 Å². The third-order valence-corrected chi connectivity index (χ3v) is 3.01. The standard InChI is InChI=1S/C14H21FN2O2/c1-9(16)13(18)17-8-14(2,3)11-7-10(15)5-6-12(11)19-4/h5-7,9H,8,16H2,1-4H3,(H,17,18). The van der Waals surface area contributed by atoms with Crippen LogP contribution >= 0.6 is 0 Å². The monoisotopic (exact) mass is 268 g/mol. The van der Waals surface area contributed by atoms with E-state index in [2.05, 4.69) is 5.32 Å². The lowest BCUT2D eigenvalue weighted by Gasteiger charge is -2.27. The van der Waals surface area contributed by atoms with Gasteiger partial charge in [0.2, 0.25) is 5.91 Å². The normalized spacial score (nSPS) is 12.9. The summed E-state index contributed by atoms with van der Waals surface area (Å²) in [6.45, 7) is 5.79. The van der Waals surface area contributed by atoms with E-state index in [4.69, 9.17) is 10.5 Å². The number of hydrogen-bond acceptors (Lipinski definition) is 3. The van der Waals surface area contributed by atoms with Gasteiger partial charge >= 0.3 is 0 Å². The molecule has 0 aromatic heterocycles. The molecule has 3 N–H and O–H groups in total.